The van der Waals surface area contributed by atoms with Gasteiger partial charge in [0.25, 0.3) is 0 Å². The first-order valence-electron chi connectivity index (χ1n) is 4.14. The van der Waals surface area contributed by atoms with E-state index in [4.69, 9.17) is 0 Å². The predicted molar refractivity (Wildman–Crippen MR) is 55.1 cm³/mol. The summed E-state index contributed by atoms with van der Waals surface area (Å²) >= 11 is 0. The van der Waals surface area contributed by atoms with Crippen LogP contribution in [-0.2, 0) is 61.3 Å². The van der Waals surface area contributed by atoms with Gasteiger partial charge in [-0.05, 0) is 24.3 Å². The summed E-state index contributed by atoms with van der Waals surface area (Å²) in [6.45, 7) is 0. The first-order chi connectivity index (χ1) is 7.76. The third kappa shape index (κ3) is 4.50. The molecule has 0 aliphatic heterocycles. The van der Waals surface area contributed by atoms with E-state index in [1.54, 1.807) is 0 Å². The molecule has 6 heteroatoms. The van der Waals surface area contributed by atoms with Crippen LogP contribution in [0, 0.1) is 0 Å². The Morgan fingerprint density at radius 1 is 0.500 bits per heavy atom. The minimum absolute atomic E-state index is 0. The van der Waals surface area contributed by atoms with E-state index in [1.807, 2.05) is 0 Å². The molecule has 0 saturated heterocycles. The molecular weight excluding hydrogens is 576 g/mol. The maximum atomic E-state index is 10.5. The van der Waals surface area contributed by atoms with Gasteiger partial charge in [0.15, 0.2) is 0 Å². The first-order valence-corrected chi connectivity index (χ1v) is 4.14. The Bertz CT molecular complexity index is 482. The molecule has 4 nitrogen and oxygen atoms in total. The van der Waals surface area contributed by atoms with Gasteiger partial charge in [0.2, 0.25) is 0 Å². The topological polar surface area (TPSA) is 68.3 Å². The quantitative estimate of drug-likeness (QED) is 0.383. The number of rotatable bonds is 0. The average molecular weight is 580 g/mol. The standard InChI is InChI=1S/C12H4O4.2W/c13-5-9-1-2-10(6-14)12(8-16)4-3-11(9)7-15;;/h1-4H;;. The summed E-state index contributed by atoms with van der Waals surface area (Å²) in [5.41, 5.74) is -0.208. The molecule has 0 N–H and O–H groups in total. The van der Waals surface area contributed by atoms with Gasteiger partial charge >= 0.3 is 0 Å². The molecule has 1 rings (SSSR count). The zero-order valence-corrected chi connectivity index (χ0v) is 14.6. The Morgan fingerprint density at radius 2 is 0.667 bits per heavy atom. The molecule has 18 heavy (non-hydrogen) atoms. The fourth-order valence-corrected chi connectivity index (χ4v) is 1.05. The van der Waals surface area contributed by atoms with Crippen molar-refractivity contribution in [2.45, 2.75) is 0 Å². The molecule has 0 aromatic carbocycles. The Kier molecular flexibility index (Phi) is 10.2. The van der Waals surface area contributed by atoms with Crippen LogP contribution in [0.1, 0.15) is 0 Å². The van der Waals surface area contributed by atoms with E-state index < -0.39 is 0 Å². The van der Waals surface area contributed by atoms with E-state index in [0.717, 1.165) is 0 Å². The van der Waals surface area contributed by atoms with Gasteiger partial charge in [-0.1, -0.05) is 0 Å². The van der Waals surface area contributed by atoms with E-state index in [-0.39, 0.29) is 64.4 Å². The summed E-state index contributed by atoms with van der Waals surface area (Å²) in [4.78, 5) is 42.0. The second-order valence-corrected chi connectivity index (χ2v) is 2.73. The van der Waals surface area contributed by atoms with Crippen LogP contribution < -0.4 is 0 Å². The molecule has 0 atom stereocenters. The van der Waals surface area contributed by atoms with Crippen molar-refractivity contribution in [3.63, 3.8) is 0 Å². The fourth-order valence-electron chi connectivity index (χ4n) is 1.05. The molecule has 0 amide bonds. The zero-order valence-electron chi connectivity index (χ0n) is 8.76. The monoisotopic (exact) mass is 580 g/mol. The summed E-state index contributed by atoms with van der Waals surface area (Å²) in [6.07, 6.45) is 4.76. The van der Waals surface area contributed by atoms with Crippen molar-refractivity contribution in [3.8, 4) is 0 Å². The summed E-state index contributed by atoms with van der Waals surface area (Å²) in [5, 5.41) is 0. The van der Waals surface area contributed by atoms with Crippen LogP contribution in [0.2, 0.25) is 0 Å². The molecule has 0 unspecified atom stereocenters. The second-order valence-electron chi connectivity index (χ2n) is 2.73. The van der Waals surface area contributed by atoms with Crippen LogP contribution in [0.3, 0.4) is 0 Å². The fraction of sp³-hybridized carbons (Fsp3) is 0. The summed E-state index contributed by atoms with van der Waals surface area (Å²) in [6, 6.07) is 0. The van der Waals surface area contributed by atoms with E-state index in [1.165, 1.54) is 48.1 Å². The molecule has 0 aromatic rings. The van der Waals surface area contributed by atoms with Crippen LogP contribution in [0.25, 0.3) is 0 Å². The molecule has 0 saturated carbocycles. The van der Waals surface area contributed by atoms with Crippen molar-refractivity contribution in [2.24, 2.45) is 0 Å². The maximum absolute atomic E-state index is 10.5. The largest absolute Gasteiger partial charge is 0.233 e. The molecular formula is C12H4O4W2. The zero-order chi connectivity index (χ0) is 12.0. The maximum Gasteiger partial charge on any atom is 0.133 e. The van der Waals surface area contributed by atoms with Crippen molar-refractivity contribution in [1.82, 2.24) is 0 Å². The van der Waals surface area contributed by atoms with Gasteiger partial charge in [-0.15, -0.1) is 0 Å². The van der Waals surface area contributed by atoms with E-state index in [2.05, 4.69) is 0 Å². The molecule has 88 valence electrons. The average Bonchev–Trinajstić information content (AvgIpc) is 2.30. The normalized spacial score (nSPS) is 12.9. The Balaban J connectivity index is 0. The second kappa shape index (κ2) is 9.66. The Hall–Kier alpha value is -1.34. The predicted octanol–water partition coefficient (Wildman–Crippen LogP) is 0.139. The van der Waals surface area contributed by atoms with E-state index in [0.29, 0.717) is 0 Å². The molecule has 0 aromatic heterocycles. The van der Waals surface area contributed by atoms with Gasteiger partial charge in [-0.25, -0.2) is 19.2 Å². The van der Waals surface area contributed by atoms with Crippen LogP contribution >= 0.6 is 0 Å². The van der Waals surface area contributed by atoms with Crippen LogP contribution in [0.15, 0.2) is 46.6 Å². The molecule has 0 bridgehead atoms. The molecule has 1 aliphatic rings. The van der Waals surface area contributed by atoms with E-state index >= 15 is 0 Å². The van der Waals surface area contributed by atoms with E-state index in [9.17, 15) is 19.2 Å². The summed E-state index contributed by atoms with van der Waals surface area (Å²) in [5.74, 6) is 6.11. The van der Waals surface area contributed by atoms with Gasteiger partial charge in [0, 0.05) is 42.1 Å². The van der Waals surface area contributed by atoms with Crippen LogP contribution in [0.4, 0.5) is 0 Å². The Labute approximate surface area is 131 Å². The summed E-state index contributed by atoms with van der Waals surface area (Å²) < 4.78 is 0. The van der Waals surface area contributed by atoms with Gasteiger partial charge < -0.3 is 0 Å². The van der Waals surface area contributed by atoms with Gasteiger partial charge in [-0.3, -0.25) is 0 Å². The third-order valence-corrected chi connectivity index (χ3v) is 1.85. The number of carbonyl (C=O) groups excluding carboxylic acids is 4. The third-order valence-electron chi connectivity index (χ3n) is 1.85. The van der Waals surface area contributed by atoms with Crippen molar-refractivity contribution < 1.29 is 61.3 Å². The minimum atomic E-state index is -0.0519. The number of allylic oxidation sites excluding steroid dienone is 8. The molecule has 0 spiro atoms. The van der Waals surface area contributed by atoms with Crippen molar-refractivity contribution in [2.75, 3.05) is 0 Å². The minimum Gasteiger partial charge on any atom is -0.233 e. The SMILES string of the molecule is O=C=C1C=CC(=C=O)C(=C=O)C=CC1=C=O.[W].[W]. The van der Waals surface area contributed by atoms with Gasteiger partial charge in [0.05, 0.1) is 22.3 Å². The molecule has 0 fully saturated rings. The van der Waals surface area contributed by atoms with Crippen molar-refractivity contribution in [3.05, 3.63) is 46.6 Å². The van der Waals surface area contributed by atoms with Gasteiger partial charge in [-0.2, -0.15) is 0 Å². The van der Waals surface area contributed by atoms with Gasteiger partial charge in [0.1, 0.15) is 23.8 Å². The number of hydrogen-bond donors (Lipinski definition) is 0. The Morgan fingerprint density at radius 3 is 0.778 bits per heavy atom. The van der Waals surface area contributed by atoms with Crippen LogP contribution in [-0.4, -0.2) is 23.8 Å². The summed E-state index contributed by atoms with van der Waals surface area (Å²) in [7, 11) is 0. The first kappa shape index (κ1) is 19.0. The number of hydrogen-bond acceptors (Lipinski definition) is 4. The smallest absolute Gasteiger partial charge is 0.133 e. The van der Waals surface area contributed by atoms with Crippen molar-refractivity contribution in [1.29, 1.82) is 0 Å². The molecule has 1 aliphatic carbocycles. The van der Waals surface area contributed by atoms with Crippen LogP contribution in [0.5, 0.6) is 0 Å². The molecule has 0 heterocycles. The molecule has 0 radical (unpaired) electrons. The van der Waals surface area contributed by atoms with Crippen molar-refractivity contribution >= 4 is 23.8 Å².